The average Bonchev–Trinajstić information content (AvgIpc) is 2.62. The van der Waals surface area contributed by atoms with Crippen LogP contribution >= 0.6 is 0 Å². The SMILES string of the molecule is CCC(C(=O)NCC(C)(C)N1CCN(CC)CC1)c1ccc(F)cc1. The second kappa shape index (κ2) is 8.77. The molecule has 1 amide bonds. The van der Waals surface area contributed by atoms with Gasteiger partial charge >= 0.3 is 0 Å². The van der Waals surface area contributed by atoms with Gasteiger partial charge in [0.1, 0.15) is 5.82 Å². The highest BCUT2D eigenvalue weighted by molar-refractivity contribution is 5.83. The molecule has 1 aliphatic heterocycles. The molecule has 1 fully saturated rings. The fourth-order valence-corrected chi connectivity index (χ4v) is 3.48. The van der Waals surface area contributed by atoms with Crippen molar-refractivity contribution < 1.29 is 9.18 Å². The van der Waals surface area contributed by atoms with E-state index < -0.39 is 0 Å². The molecule has 0 saturated carbocycles. The molecular weight excluding hydrogens is 317 g/mol. The number of hydrogen-bond donors (Lipinski definition) is 1. The van der Waals surface area contributed by atoms with Crippen LogP contribution < -0.4 is 5.32 Å². The van der Waals surface area contributed by atoms with Crippen LogP contribution in [0.25, 0.3) is 0 Å². The lowest BCUT2D eigenvalue weighted by molar-refractivity contribution is -0.123. The van der Waals surface area contributed by atoms with E-state index in [9.17, 15) is 9.18 Å². The Bertz CT molecular complexity index is 551. The number of piperazine rings is 1. The molecule has 25 heavy (non-hydrogen) atoms. The molecule has 0 aromatic heterocycles. The molecule has 1 aromatic carbocycles. The number of carbonyl (C=O) groups is 1. The van der Waals surface area contributed by atoms with Crippen molar-refractivity contribution in [2.24, 2.45) is 0 Å². The van der Waals surface area contributed by atoms with Crippen LogP contribution in [-0.2, 0) is 4.79 Å². The lowest BCUT2D eigenvalue weighted by atomic mass is 9.94. The Labute approximate surface area is 151 Å². The van der Waals surface area contributed by atoms with Crippen LogP contribution in [0, 0.1) is 5.82 Å². The van der Waals surface area contributed by atoms with Gasteiger partial charge in [0.2, 0.25) is 5.91 Å². The van der Waals surface area contributed by atoms with Crippen LogP contribution in [0.5, 0.6) is 0 Å². The number of hydrogen-bond acceptors (Lipinski definition) is 3. The molecule has 0 aliphatic carbocycles. The molecule has 1 aliphatic rings. The van der Waals surface area contributed by atoms with Crippen LogP contribution in [0.3, 0.4) is 0 Å². The molecule has 5 heteroatoms. The molecule has 1 saturated heterocycles. The first kappa shape index (κ1) is 19.9. The van der Waals surface area contributed by atoms with Gasteiger partial charge in [-0.3, -0.25) is 9.69 Å². The Kier molecular flexibility index (Phi) is 6.96. The van der Waals surface area contributed by atoms with Gasteiger partial charge in [-0.05, 0) is 44.5 Å². The molecule has 140 valence electrons. The number of benzene rings is 1. The van der Waals surface area contributed by atoms with Gasteiger partial charge < -0.3 is 10.2 Å². The van der Waals surface area contributed by atoms with Gasteiger partial charge in [-0.2, -0.15) is 0 Å². The fraction of sp³-hybridized carbons (Fsp3) is 0.650. The van der Waals surface area contributed by atoms with E-state index in [4.69, 9.17) is 0 Å². The van der Waals surface area contributed by atoms with Crippen LogP contribution in [0.2, 0.25) is 0 Å². The Balaban J connectivity index is 1.91. The molecule has 1 heterocycles. The quantitative estimate of drug-likeness (QED) is 0.822. The van der Waals surface area contributed by atoms with E-state index in [1.54, 1.807) is 12.1 Å². The third kappa shape index (κ3) is 5.25. The van der Waals surface area contributed by atoms with Crippen LogP contribution in [0.4, 0.5) is 4.39 Å². The zero-order valence-corrected chi connectivity index (χ0v) is 16.0. The maximum Gasteiger partial charge on any atom is 0.227 e. The number of nitrogens with one attached hydrogen (secondary N) is 1. The van der Waals surface area contributed by atoms with Crippen LogP contribution in [0.1, 0.15) is 45.6 Å². The Morgan fingerprint density at radius 1 is 1.16 bits per heavy atom. The lowest BCUT2D eigenvalue weighted by Gasteiger charge is -2.44. The van der Waals surface area contributed by atoms with Gasteiger partial charge in [-0.1, -0.05) is 26.0 Å². The van der Waals surface area contributed by atoms with Crippen molar-refractivity contribution in [3.05, 3.63) is 35.6 Å². The first-order valence-electron chi connectivity index (χ1n) is 9.38. The van der Waals surface area contributed by atoms with Gasteiger partial charge in [0.15, 0.2) is 0 Å². The largest absolute Gasteiger partial charge is 0.354 e. The predicted octanol–water partition coefficient (Wildman–Crippen LogP) is 2.85. The highest BCUT2D eigenvalue weighted by atomic mass is 19.1. The number of carbonyl (C=O) groups excluding carboxylic acids is 1. The first-order chi connectivity index (χ1) is 11.9. The normalized spacial score (nSPS) is 18.1. The lowest BCUT2D eigenvalue weighted by Crippen LogP contribution is -2.58. The van der Waals surface area contributed by atoms with Crippen molar-refractivity contribution in [2.75, 3.05) is 39.3 Å². The summed E-state index contributed by atoms with van der Waals surface area (Å²) in [6.45, 7) is 14.5. The second-order valence-corrected chi connectivity index (χ2v) is 7.46. The van der Waals surface area contributed by atoms with Crippen molar-refractivity contribution in [3.63, 3.8) is 0 Å². The van der Waals surface area contributed by atoms with E-state index >= 15 is 0 Å². The molecule has 1 unspecified atom stereocenters. The smallest absolute Gasteiger partial charge is 0.227 e. The van der Waals surface area contributed by atoms with E-state index in [1.807, 2.05) is 6.92 Å². The zero-order valence-electron chi connectivity index (χ0n) is 16.0. The number of likely N-dealkylation sites (N-methyl/N-ethyl adjacent to an activating group) is 1. The molecule has 4 nitrogen and oxygen atoms in total. The third-order valence-corrected chi connectivity index (χ3v) is 5.37. The summed E-state index contributed by atoms with van der Waals surface area (Å²) in [5.74, 6) is -0.478. The highest BCUT2D eigenvalue weighted by Crippen LogP contribution is 2.21. The summed E-state index contributed by atoms with van der Waals surface area (Å²) in [6, 6.07) is 6.25. The van der Waals surface area contributed by atoms with Crippen molar-refractivity contribution >= 4 is 5.91 Å². The summed E-state index contributed by atoms with van der Waals surface area (Å²) in [6.07, 6.45) is 0.701. The summed E-state index contributed by atoms with van der Waals surface area (Å²) in [5.41, 5.74) is 0.798. The minimum absolute atomic E-state index is 0.0226. The van der Waals surface area contributed by atoms with E-state index in [2.05, 4.69) is 35.9 Å². The topological polar surface area (TPSA) is 35.6 Å². The first-order valence-corrected chi connectivity index (χ1v) is 9.38. The average molecular weight is 349 g/mol. The van der Waals surface area contributed by atoms with Crippen molar-refractivity contribution in [2.45, 2.75) is 45.6 Å². The number of amides is 1. The summed E-state index contributed by atoms with van der Waals surface area (Å²) >= 11 is 0. The van der Waals surface area contributed by atoms with Crippen LogP contribution in [-0.4, -0.2) is 60.5 Å². The minimum atomic E-state index is -0.272. The van der Waals surface area contributed by atoms with Gasteiger partial charge in [-0.15, -0.1) is 0 Å². The van der Waals surface area contributed by atoms with E-state index in [-0.39, 0.29) is 23.2 Å². The summed E-state index contributed by atoms with van der Waals surface area (Å²) in [7, 11) is 0. The number of halogens is 1. The number of rotatable bonds is 7. The Morgan fingerprint density at radius 2 is 1.76 bits per heavy atom. The Hall–Kier alpha value is -1.46. The standard InChI is InChI=1S/C20H32FN3O/c1-5-18(16-7-9-17(21)10-8-16)19(25)22-15-20(3,4)24-13-11-23(6-2)12-14-24/h7-10,18H,5-6,11-15H2,1-4H3,(H,22,25). The summed E-state index contributed by atoms with van der Waals surface area (Å²) in [5, 5.41) is 3.12. The zero-order chi connectivity index (χ0) is 18.4. The molecule has 1 aromatic rings. The molecule has 0 bridgehead atoms. The van der Waals surface area contributed by atoms with E-state index in [0.717, 1.165) is 38.3 Å². The van der Waals surface area contributed by atoms with Gasteiger partial charge in [0.05, 0.1) is 5.92 Å². The maximum absolute atomic E-state index is 13.1. The highest BCUT2D eigenvalue weighted by Gasteiger charge is 2.30. The van der Waals surface area contributed by atoms with E-state index in [1.165, 1.54) is 12.1 Å². The van der Waals surface area contributed by atoms with Crippen molar-refractivity contribution in [1.82, 2.24) is 15.1 Å². The molecule has 0 spiro atoms. The second-order valence-electron chi connectivity index (χ2n) is 7.46. The van der Waals surface area contributed by atoms with Crippen molar-refractivity contribution in [1.29, 1.82) is 0 Å². The summed E-state index contributed by atoms with van der Waals surface area (Å²) < 4.78 is 13.1. The molecular formula is C20H32FN3O. The number of nitrogens with zero attached hydrogens (tertiary/aromatic N) is 2. The van der Waals surface area contributed by atoms with E-state index in [0.29, 0.717) is 13.0 Å². The maximum atomic E-state index is 13.1. The van der Waals surface area contributed by atoms with Gasteiger partial charge in [-0.25, -0.2) is 4.39 Å². The molecule has 2 rings (SSSR count). The fourth-order valence-electron chi connectivity index (χ4n) is 3.48. The Morgan fingerprint density at radius 3 is 2.28 bits per heavy atom. The van der Waals surface area contributed by atoms with Gasteiger partial charge in [0, 0.05) is 38.3 Å². The monoisotopic (exact) mass is 349 g/mol. The van der Waals surface area contributed by atoms with Crippen molar-refractivity contribution in [3.8, 4) is 0 Å². The molecule has 1 atom stereocenters. The van der Waals surface area contributed by atoms with Gasteiger partial charge in [0.25, 0.3) is 0 Å². The molecule has 0 radical (unpaired) electrons. The minimum Gasteiger partial charge on any atom is -0.354 e. The third-order valence-electron chi connectivity index (χ3n) is 5.37. The predicted molar refractivity (Wildman–Crippen MR) is 100 cm³/mol. The van der Waals surface area contributed by atoms with Crippen LogP contribution in [0.15, 0.2) is 24.3 Å². The summed E-state index contributed by atoms with van der Waals surface area (Å²) in [4.78, 5) is 17.6. The molecule has 1 N–H and O–H groups in total.